The lowest BCUT2D eigenvalue weighted by molar-refractivity contribution is -0.127. The molecule has 3 heterocycles. The van der Waals surface area contributed by atoms with Crippen LogP contribution < -0.4 is 0 Å². The van der Waals surface area contributed by atoms with E-state index in [2.05, 4.69) is 17.3 Å². The number of carbonyl (C=O) groups excluding carboxylic acids is 2. The van der Waals surface area contributed by atoms with Crippen LogP contribution in [0, 0.1) is 12.3 Å². The van der Waals surface area contributed by atoms with Crippen LogP contribution in [0.25, 0.3) is 6.08 Å². The van der Waals surface area contributed by atoms with Gasteiger partial charge in [-0.05, 0) is 25.3 Å². The van der Waals surface area contributed by atoms with Crippen molar-refractivity contribution in [1.82, 2.24) is 15.0 Å². The molecule has 2 amide bonds. The minimum absolute atomic E-state index is 0.00576. The number of rotatable bonds is 4. The molecule has 2 aromatic rings. The Bertz CT molecular complexity index is 879. The van der Waals surface area contributed by atoms with Crippen LogP contribution >= 0.6 is 0 Å². The molecule has 2 aliphatic heterocycles. The molecule has 4 rings (SSSR count). The fourth-order valence-electron chi connectivity index (χ4n) is 4.18. The number of hydrogen-bond donors (Lipinski definition) is 0. The molecule has 0 N–H and O–H groups in total. The number of carbonyl (C=O) groups is 2. The molecule has 0 atom stereocenters. The Morgan fingerprint density at radius 2 is 2.00 bits per heavy atom. The fourth-order valence-corrected chi connectivity index (χ4v) is 4.18. The molecule has 0 bridgehead atoms. The third-order valence-electron chi connectivity index (χ3n) is 5.80. The first-order valence-electron chi connectivity index (χ1n) is 9.77. The summed E-state index contributed by atoms with van der Waals surface area (Å²) in [5.41, 5.74) is 1.50. The van der Waals surface area contributed by atoms with Gasteiger partial charge in [-0.15, -0.1) is 0 Å². The topological polar surface area (TPSA) is 66.7 Å². The number of aromatic nitrogens is 1. The highest BCUT2D eigenvalue weighted by Gasteiger charge is 2.45. The molecule has 2 saturated heterocycles. The largest absolute Gasteiger partial charge is 0.361 e. The highest BCUT2D eigenvalue weighted by atomic mass is 16.5. The summed E-state index contributed by atoms with van der Waals surface area (Å²) in [6, 6.07) is 11.8. The lowest BCUT2D eigenvalue weighted by Gasteiger charge is -2.38. The number of aryl methyl sites for hydroxylation is 1. The van der Waals surface area contributed by atoms with Gasteiger partial charge in [0.15, 0.2) is 5.69 Å². The van der Waals surface area contributed by atoms with Crippen LogP contribution in [0.3, 0.4) is 0 Å². The molecule has 28 heavy (non-hydrogen) atoms. The third-order valence-corrected chi connectivity index (χ3v) is 5.80. The Morgan fingerprint density at radius 3 is 2.68 bits per heavy atom. The van der Waals surface area contributed by atoms with Crippen molar-refractivity contribution in [2.45, 2.75) is 26.2 Å². The van der Waals surface area contributed by atoms with E-state index in [-0.39, 0.29) is 17.2 Å². The molecule has 0 aliphatic carbocycles. The Hall–Kier alpha value is -2.89. The monoisotopic (exact) mass is 379 g/mol. The van der Waals surface area contributed by atoms with E-state index in [1.807, 2.05) is 40.1 Å². The number of piperidine rings is 1. The summed E-state index contributed by atoms with van der Waals surface area (Å²) in [6.45, 7) is 4.50. The van der Waals surface area contributed by atoms with Gasteiger partial charge in [-0.3, -0.25) is 9.59 Å². The zero-order valence-electron chi connectivity index (χ0n) is 16.1. The van der Waals surface area contributed by atoms with Gasteiger partial charge < -0.3 is 14.3 Å². The highest BCUT2D eigenvalue weighted by molar-refractivity contribution is 5.92. The number of likely N-dealkylation sites (tertiary alicyclic amines) is 2. The molecule has 1 spiro atoms. The lowest BCUT2D eigenvalue weighted by atomic mass is 9.77. The third kappa shape index (κ3) is 3.86. The standard InChI is InChI=1S/C22H25N3O3/c1-17-14-19(23-28-17)21(27)24-12-9-22(10-13-24)15-20(26)25(16-22)11-5-8-18-6-3-2-4-7-18/h2-8,14H,9-13,15-16H2,1H3. The van der Waals surface area contributed by atoms with Crippen molar-refractivity contribution in [2.75, 3.05) is 26.2 Å². The second kappa shape index (κ2) is 7.62. The van der Waals surface area contributed by atoms with Crippen LogP contribution in [-0.4, -0.2) is 52.9 Å². The second-order valence-corrected chi connectivity index (χ2v) is 7.88. The normalized spacial score (nSPS) is 19.1. The van der Waals surface area contributed by atoms with Crippen LogP contribution in [0.1, 0.15) is 41.1 Å². The summed E-state index contributed by atoms with van der Waals surface area (Å²) in [5.74, 6) is 0.765. The first kappa shape index (κ1) is 18.5. The van der Waals surface area contributed by atoms with Crippen LogP contribution in [-0.2, 0) is 4.79 Å². The smallest absolute Gasteiger partial charge is 0.276 e. The summed E-state index contributed by atoms with van der Waals surface area (Å²) in [6.07, 6.45) is 6.38. The summed E-state index contributed by atoms with van der Waals surface area (Å²) < 4.78 is 5.01. The number of benzene rings is 1. The Balaban J connectivity index is 1.32. The van der Waals surface area contributed by atoms with E-state index < -0.39 is 0 Å². The van der Waals surface area contributed by atoms with Gasteiger partial charge in [0.25, 0.3) is 5.91 Å². The molecule has 0 unspecified atom stereocenters. The van der Waals surface area contributed by atoms with E-state index in [4.69, 9.17) is 4.52 Å². The average Bonchev–Trinajstić information content (AvgIpc) is 3.26. The molecule has 6 heteroatoms. The van der Waals surface area contributed by atoms with Crippen molar-refractivity contribution < 1.29 is 14.1 Å². The number of hydrogen-bond acceptors (Lipinski definition) is 4. The van der Waals surface area contributed by atoms with Gasteiger partial charge in [-0.1, -0.05) is 47.6 Å². The fraction of sp³-hybridized carbons (Fsp3) is 0.409. The SMILES string of the molecule is Cc1cc(C(=O)N2CCC3(CC2)CC(=O)N(CC=Cc2ccccc2)C3)no1. The van der Waals surface area contributed by atoms with Gasteiger partial charge in [0, 0.05) is 44.1 Å². The molecule has 0 radical (unpaired) electrons. The molecule has 2 fully saturated rings. The predicted molar refractivity (Wildman–Crippen MR) is 105 cm³/mol. The minimum atomic E-state index is -0.0846. The van der Waals surface area contributed by atoms with Crippen molar-refractivity contribution in [2.24, 2.45) is 5.41 Å². The molecule has 6 nitrogen and oxygen atoms in total. The molecular formula is C22H25N3O3. The molecule has 2 aliphatic rings. The van der Waals surface area contributed by atoms with E-state index in [0.717, 1.165) is 24.9 Å². The number of amides is 2. The van der Waals surface area contributed by atoms with Crippen molar-refractivity contribution in [3.8, 4) is 0 Å². The quantitative estimate of drug-likeness (QED) is 0.818. The van der Waals surface area contributed by atoms with Gasteiger partial charge in [0.2, 0.25) is 5.91 Å². The first-order valence-corrected chi connectivity index (χ1v) is 9.77. The number of nitrogens with zero attached hydrogens (tertiary/aromatic N) is 3. The molecule has 0 saturated carbocycles. The maximum absolute atomic E-state index is 12.5. The zero-order valence-corrected chi connectivity index (χ0v) is 16.1. The van der Waals surface area contributed by atoms with Gasteiger partial charge in [-0.25, -0.2) is 0 Å². The highest BCUT2D eigenvalue weighted by Crippen LogP contribution is 2.41. The van der Waals surface area contributed by atoms with Gasteiger partial charge >= 0.3 is 0 Å². The van der Waals surface area contributed by atoms with Crippen LogP contribution in [0.4, 0.5) is 0 Å². The van der Waals surface area contributed by atoms with E-state index in [1.54, 1.807) is 13.0 Å². The van der Waals surface area contributed by atoms with Gasteiger partial charge in [-0.2, -0.15) is 0 Å². The Labute approximate surface area is 164 Å². The summed E-state index contributed by atoms with van der Waals surface area (Å²) in [7, 11) is 0. The maximum Gasteiger partial charge on any atom is 0.276 e. The predicted octanol–water partition coefficient (Wildman–Crippen LogP) is 3.15. The summed E-state index contributed by atoms with van der Waals surface area (Å²) in [5, 5.41) is 3.83. The first-order chi connectivity index (χ1) is 13.5. The maximum atomic E-state index is 12.5. The van der Waals surface area contributed by atoms with Crippen molar-refractivity contribution in [1.29, 1.82) is 0 Å². The molecule has 1 aromatic carbocycles. The average molecular weight is 379 g/mol. The van der Waals surface area contributed by atoms with Crippen LogP contribution in [0.5, 0.6) is 0 Å². The second-order valence-electron chi connectivity index (χ2n) is 7.88. The van der Waals surface area contributed by atoms with E-state index in [0.29, 0.717) is 37.5 Å². The Kier molecular flexibility index (Phi) is 5.03. The molecular weight excluding hydrogens is 354 g/mol. The van der Waals surface area contributed by atoms with Crippen molar-refractivity contribution in [3.63, 3.8) is 0 Å². The van der Waals surface area contributed by atoms with Crippen molar-refractivity contribution >= 4 is 17.9 Å². The van der Waals surface area contributed by atoms with Gasteiger partial charge in [0.05, 0.1) is 0 Å². The van der Waals surface area contributed by atoms with E-state index in [1.165, 1.54) is 0 Å². The molecule has 146 valence electrons. The lowest BCUT2D eigenvalue weighted by Crippen LogP contribution is -2.44. The van der Waals surface area contributed by atoms with E-state index >= 15 is 0 Å². The van der Waals surface area contributed by atoms with E-state index in [9.17, 15) is 9.59 Å². The summed E-state index contributed by atoms with van der Waals surface area (Å²) >= 11 is 0. The van der Waals surface area contributed by atoms with Gasteiger partial charge in [0.1, 0.15) is 5.76 Å². The van der Waals surface area contributed by atoms with Crippen LogP contribution in [0.15, 0.2) is 47.0 Å². The van der Waals surface area contributed by atoms with Crippen LogP contribution in [0.2, 0.25) is 0 Å². The zero-order chi connectivity index (χ0) is 19.6. The Morgan fingerprint density at radius 1 is 1.25 bits per heavy atom. The molecule has 1 aromatic heterocycles. The summed E-state index contributed by atoms with van der Waals surface area (Å²) in [4.78, 5) is 28.8. The van der Waals surface area contributed by atoms with Crippen molar-refractivity contribution in [3.05, 3.63) is 59.5 Å². The minimum Gasteiger partial charge on any atom is -0.361 e.